The predicted octanol–water partition coefficient (Wildman–Crippen LogP) is -2.13. The van der Waals surface area contributed by atoms with E-state index in [9.17, 15) is 58.5 Å². The fourth-order valence-electron chi connectivity index (χ4n) is 5.26. The van der Waals surface area contributed by atoms with Gasteiger partial charge in [-0.05, 0) is 55.2 Å². The predicted molar refractivity (Wildman–Crippen MR) is 195 cm³/mol. The van der Waals surface area contributed by atoms with E-state index in [2.05, 4.69) is 21.3 Å². The van der Waals surface area contributed by atoms with Crippen LogP contribution >= 0.6 is 0 Å². The number of primary amides is 2. The molecule has 1 aromatic rings. The number of nitrogens with two attached hydrogens (primary N) is 3. The van der Waals surface area contributed by atoms with E-state index >= 15 is 0 Å². The van der Waals surface area contributed by atoms with Crippen molar-refractivity contribution in [2.75, 3.05) is 0 Å². The molecule has 0 aliphatic heterocycles. The zero-order valence-electron chi connectivity index (χ0n) is 31.3. The van der Waals surface area contributed by atoms with Crippen LogP contribution in [0.5, 0.6) is 5.75 Å². The fourth-order valence-corrected chi connectivity index (χ4v) is 5.26. The Kier molecular flexibility index (Phi) is 19.8. The highest BCUT2D eigenvalue weighted by Gasteiger charge is 2.34. The number of phenolic OH excluding ortho intramolecular Hbond substituents is 1. The van der Waals surface area contributed by atoms with E-state index in [0.29, 0.717) is 12.0 Å². The minimum absolute atomic E-state index is 0.0442. The summed E-state index contributed by atoms with van der Waals surface area (Å²) in [7, 11) is 0. The highest BCUT2D eigenvalue weighted by Crippen LogP contribution is 2.14. The van der Waals surface area contributed by atoms with Crippen molar-refractivity contribution < 1.29 is 58.5 Å². The second kappa shape index (κ2) is 23.1. The Bertz CT molecular complexity index is 1540. The van der Waals surface area contributed by atoms with Crippen molar-refractivity contribution in [2.45, 2.75) is 115 Å². The largest absolute Gasteiger partial charge is 0.508 e. The zero-order valence-corrected chi connectivity index (χ0v) is 31.3. The number of benzene rings is 1. The summed E-state index contributed by atoms with van der Waals surface area (Å²) >= 11 is 0. The minimum Gasteiger partial charge on any atom is -0.508 e. The third-order valence-electron chi connectivity index (χ3n) is 8.02. The topological polar surface area (TPSA) is 353 Å². The number of carbonyl (C=O) groups is 9. The molecule has 0 radical (unpaired) electrons. The van der Waals surface area contributed by atoms with E-state index in [1.54, 1.807) is 13.8 Å². The number of nitrogens with one attached hydrogen (secondary N) is 5. The first kappa shape index (κ1) is 47.2. The van der Waals surface area contributed by atoms with Crippen molar-refractivity contribution in [1.29, 1.82) is 0 Å². The van der Waals surface area contributed by atoms with Gasteiger partial charge in [0.2, 0.25) is 41.4 Å². The standard InChI is InChI=1S/C35H54N8O12/c1-17(2)13-21(36)30(49)41-25(15-19-5-7-20(44)8-6-19)34(53)39-22(9-11-27(37)45)31(50)42-24(14-18(3)4)33(52)40-23(10-12-29(47)48)32(51)43-26(35(54)55)16-28(38)46/h5-8,17-18,21-26,44H,9-16,36H2,1-4H3,(H2,37,45)(H2,38,46)(H,39,53)(H,40,52)(H,41,49)(H,42,50)(H,43,51)(H,47,48)(H,54,55)/t21-,22-,23-,24-,25-,26-/m0/s1. The van der Waals surface area contributed by atoms with Crippen molar-refractivity contribution >= 4 is 53.3 Å². The number of phenols is 1. The third kappa shape index (κ3) is 18.7. The highest BCUT2D eigenvalue weighted by molar-refractivity contribution is 5.97. The van der Waals surface area contributed by atoms with Gasteiger partial charge in [0.15, 0.2) is 0 Å². The fraction of sp³-hybridized carbons (Fsp3) is 0.571. The van der Waals surface area contributed by atoms with Crippen LogP contribution in [0.3, 0.4) is 0 Å². The van der Waals surface area contributed by atoms with Gasteiger partial charge in [0.1, 0.15) is 36.0 Å². The van der Waals surface area contributed by atoms with Crippen LogP contribution in [0.4, 0.5) is 0 Å². The molecule has 0 aliphatic carbocycles. The monoisotopic (exact) mass is 778 g/mol. The number of amides is 7. The lowest BCUT2D eigenvalue weighted by molar-refractivity contribution is -0.144. The quantitative estimate of drug-likeness (QED) is 0.0506. The lowest BCUT2D eigenvalue weighted by Gasteiger charge is -2.28. The Labute approximate surface area is 318 Å². The molecule has 6 atom stereocenters. The molecule has 55 heavy (non-hydrogen) atoms. The molecule has 20 heteroatoms. The second-order valence-electron chi connectivity index (χ2n) is 14.0. The maximum absolute atomic E-state index is 13.8. The van der Waals surface area contributed by atoms with Crippen LogP contribution in [-0.4, -0.2) is 105 Å². The van der Waals surface area contributed by atoms with E-state index in [0.717, 1.165) is 0 Å². The Morgan fingerprint density at radius 3 is 1.47 bits per heavy atom. The van der Waals surface area contributed by atoms with Crippen LogP contribution in [0.15, 0.2) is 24.3 Å². The molecule has 7 amide bonds. The van der Waals surface area contributed by atoms with Crippen LogP contribution in [-0.2, 0) is 49.6 Å². The molecule has 306 valence electrons. The summed E-state index contributed by atoms with van der Waals surface area (Å²) in [4.78, 5) is 113. The van der Waals surface area contributed by atoms with Gasteiger partial charge in [0.25, 0.3) is 0 Å². The molecule has 0 saturated carbocycles. The van der Waals surface area contributed by atoms with Crippen LogP contribution < -0.4 is 43.8 Å². The van der Waals surface area contributed by atoms with Crippen LogP contribution in [0.2, 0.25) is 0 Å². The Balaban J connectivity index is 3.40. The summed E-state index contributed by atoms with van der Waals surface area (Å²) in [6, 6.07) is -2.82. The van der Waals surface area contributed by atoms with Gasteiger partial charge in [-0.3, -0.25) is 38.4 Å². The van der Waals surface area contributed by atoms with Crippen LogP contribution in [0.1, 0.15) is 78.2 Å². The number of aliphatic carboxylic acids is 2. The number of carbonyl (C=O) groups excluding carboxylic acids is 7. The summed E-state index contributed by atoms with van der Waals surface area (Å²) in [6.07, 6.45) is -2.52. The number of hydrogen-bond acceptors (Lipinski definition) is 11. The van der Waals surface area contributed by atoms with Gasteiger partial charge in [-0.1, -0.05) is 39.8 Å². The Morgan fingerprint density at radius 2 is 1.02 bits per heavy atom. The normalized spacial score (nSPS) is 14.3. The van der Waals surface area contributed by atoms with Crippen molar-refractivity contribution in [2.24, 2.45) is 29.0 Å². The third-order valence-corrected chi connectivity index (χ3v) is 8.02. The molecule has 14 N–H and O–H groups in total. The molecule has 0 fully saturated rings. The molecule has 20 nitrogen and oxygen atoms in total. The molecule has 0 aromatic heterocycles. The Morgan fingerprint density at radius 1 is 0.582 bits per heavy atom. The maximum Gasteiger partial charge on any atom is 0.326 e. The SMILES string of the molecule is CC(C)C[C@H](NC(=O)[C@H](CCC(N)=O)NC(=O)[C@H](Cc1ccc(O)cc1)NC(=O)[C@@H](N)CC(C)C)C(=O)N[C@@H](CCC(=O)O)C(=O)N[C@@H](CC(N)=O)C(=O)O. The van der Waals surface area contributed by atoms with Gasteiger partial charge in [-0.2, -0.15) is 0 Å². The van der Waals surface area contributed by atoms with Gasteiger partial charge in [-0.15, -0.1) is 0 Å². The van der Waals surface area contributed by atoms with Crippen molar-refractivity contribution in [3.05, 3.63) is 29.8 Å². The summed E-state index contributed by atoms with van der Waals surface area (Å²) in [5.41, 5.74) is 17.0. The van der Waals surface area contributed by atoms with E-state index in [1.165, 1.54) is 24.3 Å². The van der Waals surface area contributed by atoms with Gasteiger partial charge < -0.3 is 59.1 Å². The van der Waals surface area contributed by atoms with Gasteiger partial charge in [-0.25, -0.2) is 4.79 Å². The molecule has 0 spiro atoms. The van der Waals surface area contributed by atoms with E-state index in [-0.39, 0.29) is 43.3 Å². The van der Waals surface area contributed by atoms with Gasteiger partial charge in [0, 0.05) is 19.3 Å². The molecule has 0 heterocycles. The average molecular weight is 779 g/mol. The Hall–Kier alpha value is -5.79. The van der Waals surface area contributed by atoms with Crippen LogP contribution in [0.25, 0.3) is 0 Å². The second-order valence-corrected chi connectivity index (χ2v) is 14.0. The van der Waals surface area contributed by atoms with Gasteiger partial charge in [0.05, 0.1) is 12.5 Å². The van der Waals surface area contributed by atoms with Crippen molar-refractivity contribution in [3.63, 3.8) is 0 Å². The van der Waals surface area contributed by atoms with Crippen LogP contribution in [0, 0.1) is 11.8 Å². The first-order valence-electron chi connectivity index (χ1n) is 17.7. The molecule has 0 unspecified atom stereocenters. The van der Waals surface area contributed by atoms with E-state index < -0.39 is 109 Å². The van der Waals surface area contributed by atoms with Crippen molar-refractivity contribution in [1.82, 2.24) is 26.6 Å². The maximum atomic E-state index is 13.8. The number of carboxylic acids is 2. The molecule has 0 aliphatic rings. The first-order chi connectivity index (χ1) is 25.6. The molecule has 0 bridgehead atoms. The molecule has 0 saturated heterocycles. The number of carboxylic acid groups (broad SMARTS) is 2. The van der Waals surface area contributed by atoms with Gasteiger partial charge >= 0.3 is 11.9 Å². The first-order valence-corrected chi connectivity index (χ1v) is 17.7. The summed E-state index contributed by atoms with van der Waals surface area (Å²) in [5.74, 6) is -9.69. The summed E-state index contributed by atoms with van der Waals surface area (Å²) in [5, 5.41) is 40.3. The number of rotatable bonds is 25. The lowest BCUT2D eigenvalue weighted by atomic mass is 10.00. The van der Waals surface area contributed by atoms with E-state index in [4.69, 9.17) is 17.2 Å². The molecular formula is C35H54N8O12. The summed E-state index contributed by atoms with van der Waals surface area (Å²) < 4.78 is 0. The highest BCUT2D eigenvalue weighted by atomic mass is 16.4. The molecular weight excluding hydrogens is 724 g/mol. The molecule has 1 rings (SSSR count). The van der Waals surface area contributed by atoms with E-state index in [1.807, 2.05) is 19.2 Å². The zero-order chi connectivity index (χ0) is 42.0. The summed E-state index contributed by atoms with van der Waals surface area (Å²) in [6.45, 7) is 7.12. The minimum atomic E-state index is -1.79. The molecule has 1 aromatic carbocycles. The number of aromatic hydroxyl groups is 1. The smallest absolute Gasteiger partial charge is 0.326 e. The average Bonchev–Trinajstić information content (AvgIpc) is 3.07. The van der Waals surface area contributed by atoms with Crippen molar-refractivity contribution in [3.8, 4) is 5.75 Å². The lowest BCUT2D eigenvalue weighted by Crippen LogP contribution is -2.60. The number of hydrogen-bond donors (Lipinski definition) is 11.